The molecule has 2 aromatic rings. The summed E-state index contributed by atoms with van der Waals surface area (Å²) in [5, 5.41) is 10.3. The number of aromatic amines is 1. The van der Waals surface area contributed by atoms with Gasteiger partial charge in [-0.1, -0.05) is 23.4 Å². The maximum absolute atomic E-state index is 3.84. The van der Waals surface area contributed by atoms with E-state index in [1.54, 1.807) is 4.68 Å². The Kier molecular flexibility index (Phi) is 2.03. The number of rotatable bonds is 1. The number of aromatic nitrogens is 4. The molecular formula is C7H6IN4+. The van der Waals surface area contributed by atoms with Crippen molar-refractivity contribution in [1.82, 2.24) is 15.5 Å². The quantitative estimate of drug-likeness (QED) is 0.613. The molecule has 0 fully saturated rings. The van der Waals surface area contributed by atoms with Gasteiger partial charge in [0.2, 0.25) is 0 Å². The highest BCUT2D eigenvalue weighted by molar-refractivity contribution is 14.1. The van der Waals surface area contributed by atoms with Gasteiger partial charge in [0.1, 0.15) is 10.8 Å². The van der Waals surface area contributed by atoms with Crippen LogP contribution in [0.5, 0.6) is 0 Å². The SMILES string of the molecule is Ic1nn[nH][n+]1-c1ccccc1. The first-order chi connectivity index (χ1) is 5.88. The second-order valence-electron chi connectivity index (χ2n) is 2.24. The topological polar surface area (TPSA) is 45.5 Å². The molecule has 0 radical (unpaired) electrons. The highest BCUT2D eigenvalue weighted by Gasteiger charge is 2.10. The summed E-state index contributed by atoms with van der Waals surface area (Å²) >= 11 is 2.12. The van der Waals surface area contributed by atoms with Crippen molar-refractivity contribution in [3.63, 3.8) is 0 Å². The Morgan fingerprint density at radius 1 is 1.25 bits per heavy atom. The van der Waals surface area contributed by atoms with E-state index in [0.29, 0.717) is 0 Å². The zero-order valence-corrected chi connectivity index (χ0v) is 8.26. The van der Waals surface area contributed by atoms with Crippen LogP contribution in [-0.4, -0.2) is 15.5 Å². The highest BCUT2D eigenvalue weighted by atomic mass is 127. The smallest absolute Gasteiger partial charge is 0.118 e. The summed E-state index contributed by atoms with van der Waals surface area (Å²) in [6.07, 6.45) is 0. The molecule has 5 heteroatoms. The van der Waals surface area contributed by atoms with Crippen molar-refractivity contribution in [2.24, 2.45) is 0 Å². The number of tetrazole rings is 1. The summed E-state index contributed by atoms with van der Waals surface area (Å²) in [5.41, 5.74) is 1.03. The first kappa shape index (κ1) is 7.66. The van der Waals surface area contributed by atoms with Crippen LogP contribution in [0.1, 0.15) is 0 Å². The molecule has 1 N–H and O–H groups in total. The van der Waals surface area contributed by atoms with E-state index < -0.39 is 0 Å². The number of H-pyrrole nitrogens is 1. The van der Waals surface area contributed by atoms with E-state index in [4.69, 9.17) is 0 Å². The third-order valence-corrected chi connectivity index (χ3v) is 2.17. The second kappa shape index (κ2) is 3.18. The number of nitrogens with zero attached hydrogens (tertiary/aromatic N) is 3. The van der Waals surface area contributed by atoms with Crippen LogP contribution < -0.4 is 4.68 Å². The Morgan fingerprint density at radius 3 is 2.58 bits per heavy atom. The Hall–Kier alpha value is -0.980. The maximum Gasteiger partial charge on any atom is 0.365 e. The molecule has 12 heavy (non-hydrogen) atoms. The number of hydrogen-bond acceptors (Lipinski definition) is 2. The Morgan fingerprint density at radius 2 is 2.00 bits per heavy atom. The summed E-state index contributed by atoms with van der Waals surface area (Å²) < 4.78 is 2.62. The molecule has 60 valence electrons. The van der Waals surface area contributed by atoms with Gasteiger partial charge in [-0.25, -0.2) is 0 Å². The van der Waals surface area contributed by atoms with Gasteiger partial charge in [-0.2, -0.15) is 0 Å². The van der Waals surface area contributed by atoms with Gasteiger partial charge in [-0.3, -0.25) is 0 Å². The zero-order valence-electron chi connectivity index (χ0n) is 6.11. The molecule has 0 bridgehead atoms. The predicted molar refractivity (Wildman–Crippen MR) is 50.6 cm³/mol. The molecule has 1 aromatic heterocycles. The molecule has 0 spiro atoms. The highest BCUT2D eigenvalue weighted by Crippen LogP contribution is 1.98. The predicted octanol–water partition coefficient (Wildman–Crippen LogP) is 0.686. The minimum absolute atomic E-state index is 0.818. The van der Waals surface area contributed by atoms with Crippen LogP contribution in [0.2, 0.25) is 0 Å². The summed E-state index contributed by atoms with van der Waals surface area (Å²) in [4.78, 5) is 0. The number of para-hydroxylation sites is 1. The minimum Gasteiger partial charge on any atom is -0.118 e. The van der Waals surface area contributed by atoms with Gasteiger partial charge in [0.05, 0.1) is 0 Å². The Balaban J connectivity index is 2.51. The van der Waals surface area contributed by atoms with Crippen LogP contribution in [0, 0.1) is 3.83 Å². The molecule has 2 rings (SSSR count). The van der Waals surface area contributed by atoms with Crippen molar-refractivity contribution in [3.05, 3.63) is 34.2 Å². The fraction of sp³-hybridized carbons (Fsp3) is 0. The number of nitrogens with one attached hydrogen (secondary N) is 1. The molecule has 0 aliphatic heterocycles. The zero-order chi connectivity index (χ0) is 8.39. The van der Waals surface area contributed by atoms with E-state index in [-0.39, 0.29) is 0 Å². The van der Waals surface area contributed by atoms with Crippen molar-refractivity contribution in [3.8, 4) is 5.69 Å². The average molecular weight is 273 g/mol. The van der Waals surface area contributed by atoms with Crippen molar-refractivity contribution in [1.29, 1.82) is 0 Å². The molecule has 1 aromatic carbocycles. The van der Waals surface area contributed by atoms with E-state index in [1.165, 1.54) is 0 Å². The number of halogens is 1. The Labute approximate surface area is 82.7 Å². The first-order valence-electron chi connectivity index (χ1n) is 3.42. The van der Waals surface area contributed by atoms with E-state index in [1.807, 2.05) is 30.3 Å². The van der Waals surface area contributed by atoms with Crippen LogP contribution in [-0.2, 0) is 0 Å². The van der Waals surface area contributed by atoms with Crippen molar-refractivity contribution in [2.75, 3.05) is 0 Å². The molecule has 0 saturated carbocycles. The third kappa shape index (κ3) is 1.31. The van der Waals surface area contributed by atoms with Gasteiger partial charge in [-0.05, 0) is 12.1 Å². The Bertz CT molecular complexity index is 370. The van der Waals surface area contributed by atoms with Gasteiger partial charge in [0.15, 0.2) is 5.21 Å². The summed E-state index contributed by atoms with van der Waals surface area (Å²) in [6, 6.07) is 9.89. The number of hydrogen-bond donors (Lipinski definition) is 1. The molecular weight excluding hydrogens is 267 g/mol. The van der Waals surface area contributed by atoms with Gasteiger partial charge in [0, 0.05) is 22.6 Å². The maximum atomic E-state index is 3.84. The first-order valence-corrected chi connectivity index (χ1v) is 4.50. The summed E-state index contributed by atoms with van der Waals surface area (Å²) in [6.45, 7) is 0. The van der Waals surface area contributed by atoms with Crippen molar-refractivity contribution >= 4 is 22.6 Å². The lowest BCUT2D eigenvalue weighted by molar-refractivity contribution is -0.673. The molecule has 0 saturated heterocycles. The largest absolute Gasteiger partial charge is 0.365 e. The molecule has 4 nitrogen and oxygen atoms in total. The van der Waals surface area contributed by atoms with Gasteiger partial charge in [-0.15, -0.1) is 4.68 Å². The summed E-state index contributed by atoms with van der Waals surface area (Å²) in [5.74, 6) is 0. The van der Waals surface area contributed by atoms with E-state index >= 15 is 0 Å². The van der Waals surface area contributed by atoms with Gasteiger partial charge >= 0.3 is 3.83 Å². The fourth-order valence-corrected chi connectivity index (χ4v) is 1.43. The van der Waals surface area contributed by atoms with Crippen molar-refractivity contribution in [2.45, 2.75) is 0 Å². The monoisotopic (exact) mass is 273 g/mol. The van der Waals surface area contributed by atoms with E-state index in [0.717, 1.165) is 9.52 Å². The minimum atomic E-state index is 0.818. The molecule has 0 aliphatic rings. The van der Waals surface area contributed by atoms with Crippen molar-refractivity contribution < 1.29 is 4.68 Å². The average Bonchev–Trinajstić information content (AvgIpc) is 2.53. The van der Waals surface area contributed by atoms with Gasteiger partial charge < -0.3 is 0 Å². The van der Waals surface area contributed by atoms with Crippen LogP contribution in [0.3, 0.4) is 0 Å². The lowest BCUT2D eigenvalue weighted by Crippen LogP contribution is -2.35. The third-order valence-electron chi connectivity index (χ3n) is 1.48. The lowest BCUT2D eigenvalue weighted by atomic mass is 10.3. The second-order valence-corrected chi connectivity index (χ2v) is 3.20. The fourth-order valence-electron chi connectivity index (χ4n) is 0.936. The molecule has 1 heterocycles. The molecule has 0 unspecified atom stereocenters. The molecule has 0 amide bonds. The normalized spacial score (nSPS) is 10.1. The van der Waals surface area contributed by atoms with Crippen LogP contribution in [0.25, 0.3) is 5.69 Å². The standard InChI is InChI=1S/C7H5IN4/c8-7-9-10-11-12(7)6-4-2-1-3-5-6/h1-5H/p+1. The van der Waals surface area contributed by atoms with Gasteiger partial charge in [0.25, 0.3) is 0 Å². The molecule has 0 aliphatic carbocycles. The molecule has 0 atom stereocenters. The van der Waals surface area contributed by atoms with Crippen LogP contribution in [0.4, 0.5) is 0 Å². The summed E-state index contributed by atoms with van der Waals surface area (Å²) in [7, 11) is 0. The number of benzene rings is 1. The van der Waals surface area contributed by atoms with E-state index in [2.05, 4.69) is 38.1 Å². The van der Waals surface area contributed by atoms with Crippen LogP contribution >= 0.6 is 22.6 Å². The van der Waals surface area contributed by atoms with E-state index in [9.17, 15) is 0 Å². The van der Waals surface area contributed by atoms with Crippen LogP contribution in [0.15, 0.2) is 30.3 Å². The lowest BCUT2D eigenvalue weighted by Gasteiger charge is -1.92.